The van der Waals surface area contributed by atoms with Crippen LogP contribution in [0.4, 0.5) is 34.1 Å². The van der Waals surface area contributed by atoms with Gasteiger partial charge in [-0.1, -0.05) is 253 Å². The average Bonchev–Trinajstić information content (AvgIpc) is 0.829. The molecule has 2 nitrogen and oxygen atoms in total. The molecule has 0 heterocycles. The molecule has 0 spiro atoms. The van der Waals surface area contributed by atoms with Gasteiger partial charge >= 0.3 is 0 Å². The summed E-state index contributed by atoms with van der Waals surface area (Å²) < 4.78 is 0. The van der Waals surface area contributed by atoms with Crippen LogP contribution in [-0.2, 0) is 43.3 Å². The van der Waals surface area contributed by atoms with E-state index in [1.807, 2.05) is 0 Å². The van der Waals surface area contributed by atoms with Crippen molar-refractivity contribution >= 4 is 55.7 Å². The minimum atomic E-state index is -0.0932. The van der Waals surface area contributed by atoms with Crippen LogP contribution in [0.1, 0.15) is 298 Å². The number of hydrogen-bond acceptors (Lipinski definition) is 2. The van der Waals surface area contributed by atoms with Crippen molar-refractivity contribution in [1.82, 2.24) is 0 Å². The number of rotatable bonds is 8. The lowest BCUT2D eigenvalue weighted by Gasteiger charge is -2.37. The maximum absolute atomic E-state index is 2.77. The first-order valence-corrected chi connectivity index (χ1v) is 33.0. The van der Waals surface area contributed by atoms with Crippen molar-refractivity contribution in [1.29, 1.82) is 0 Å². The zero-order chi connectivity index (χ0) is 61.7. The molecular formula is C82H112N2. The topological polar surface area (TPSA) is 6.48 Å². The summed E-state index contributed by atoms with van der Waals surface area (Å²) in [7, 11) is 0. The lowest BCUT2D eigenvalue weighted by molar-refractivity contribution is 0.444. The molecule has 2 aliphatic rings. The van der Waals surface area contributed by atoms with Crippen LogP contribution in [0.5, 0.6) is 0 Å². The van der Waals surface area contributed by atoms with Crippen molar-refractivity contribution in [3.8, 4) is 0 Å². The van der Waals surface area contributed by atoms with E-state index >= 15 is 0 Å². The highest BCUT2D eigenvalue weighted by Crippen LogP contribution is 2.55. The van der Waals surface area contributed by atoms with Crippen molar-refractivity contribution in [2.24, 2.45) is 0 Å². The highest BCUT2D eigenvalue weighted by molar-refractivity contribution is 6.23. The van der Waals surface area contributed by atoms with E-state index in [2.05, 4.69) is 285 Å². The van der Waals surface area contributed by atoms with Crippen molar-refractivity contribution in [2.75, 3.05) is 9.80 Å². The van der Waals surface area contributed by atoms with Crippen LogP contribution in [0.2, 0.25) is 0 Å². The molecule has 0 unspecified atom stereocenters. The second kappa shape index (κ2) is 22.4. The third-order valence-electron chi connectivity index (χ3n) is 19.3. The first-order valence-electron chi connectivity index (χ1n) is 33.0. The minimum Gasteiger partial charge on any atom is -0.309 e. The van der Waals surface area contributed by atoms with Crippen molar-refractivity contribution in [2.45, 2.75) is 286 Å². The molecule has 0 aliphatic heterocycles. The third-order valence-corrected chi connectivity index (χ3v) is 19.3. The fourth-order valence-electron chi connectivity index (χ4n) is 13.3. The van der Waals surface area contributed by atoms with Gasteiger partial charge < -0.3 is 9.80 Å². The van der Waals surface area contributed by atoms with E-state index in [1.54, 1.807) is 0 Å². The molecule has 0 aromatic heterocycles. The lowest BCUT2D eigenvalue weighted by atomic mass is 9.78. The summed E-state index contributed by atoms with van der Waals surface area (Å²) in [6.45, 7) is 57.6. The molecule has 84 heavy (non-hydrogen) atoms. The summed E-state index contributed by atoms with van der Waals surface area (Å²) in [6.07, 6.45) is 12.7. The van der Waals surface area contributed by atoms with E-state index in [9.17, 15) is 0 Å². The van der Waals surface area contributed by atoms with E-state index in [0.29, 0.717) is 11.8 Å². The number of benzene rings is 7. The molecular weight excluding hydrogens is 1010 g/mol. The molecule has 7 aromatic carbocycles. The quantitative estimate of drug-likeness (QED) is 0.111. The van der Waals surface area contributed by atoms with Gasteiger partial charge in [-0.3, -0.25) is 0 Å². The molecule has 2 aliphatic carbocycles. The first kappa shape index (κ1) is 63.2. The number of hydrogen-bond donors (Lipinski definition) is 0. The van der Waals surface area contributed by atoms with Gasteiger partial charge in [-0.15, -0.1) is 0 Å². The molecule has 2 saturated carbocycles. The van der Waals surface area contributed by atoms with Gasteiger partial charge in [0, 0.05) is 44.3 Å². The van der Waals surface area contributed by atoms with Gasteiger partial charge in [0.15, 0.2) is 0 Å². The fourth-order valence-corrected chi connectivity index (χ4v) is 13.3. The largest absolute Gasteiger partial charge is 0.309 e. The number of anilines is 6. The van der Waals surface area contributed by atoms with E-state index in [0.717, 1.165) is 0 Å². The van der Waals surface area contributed by atoms with Gasteiger partial charge in [0.05, 0.1) is 11.4 Å². The summed E-state index contributed by atoms with van der Waals surface area (Å²) in [5, 5.41) is 5.23. The zero-order valence-corrected chi connectivity index (χ0v) is 57.5. The Morgan fingerprint density at radius 1 is 0.238 bits per heavy atom. The van der Waals surface area contributed by atoms with Gasteiger partial charge in [0.25, 0.3) is 0 Å². The van der Waals surface area contributed by atoms with Crippen LogP contribution in [0.3, 0.4) is 0 Å². The second-order valence-electron chi connectivity index (χ2n) is 34.7. The smallest absolute Gasteiger partial charge is 0.0620 e. The monoisotopic (exact) mass is 1120 g/mol. The van der Waals surface area contributed by atoms with Gasteiger partial charge in [0.1, 0.15) is 0 Å². The molecule has 0 N–H and O–H groups in total. The van der Waals surface area contributed by atoms with Gasteiger partial charge in [-0.25, -0.2) is 0 Å². The number of fused-ring (bicyclic) bond motifs is 2. The molecule has 0 atom stereocenters. The fraction of sp³-hybridized carbons (Fsp3) is 0.537. The Bertz CT molecular complexity index is 3010. The summed E-state index contributed by atoms with van der Waals surface area (Å²) in [6, 6.07) is 46.3. The standard InChI is InChI=1S/C82H112N2/c1-75(2,3)57-41-58(76(4,5)6)46-65(45-57)83(66-47-59(77(7,8)9)42-60(48-66)78(10,11)12)73-69-37-35-56(54-33-29-26-30-34-54)40-72(69)74(70-38-36-55(39-71(70)73)53-31-27-25-28-32-53)84(67-49-61(79(13,14)15)43-62(50-67)80(16,17)18)68-51-63(81(19,20)21)44-64(52-68)82(22,23)24/h35-54H,25-34H2,1-24H3. The van der Waals surface area contributed by atoms with E-state index in [4.69, 9.17) is 0 Å². The Morgan fingerprint density at radius 2 is 0.440 bits per heavy atom. The zero-order valence-electron chi connectivity index (χ0n) is 57.5. The predicted molar refractivity (Wildman–Crippen MR) is 372 cm³/mol. The van der Waals surface area contributed by atoms with Crippen molar-refractivity contribution in [3.63, 3.8) is 0 Å². The van der Waals surface area contributed by atoms with Crippen LogP contribution < -0.4 is 9.80 Å². The molecule has 450 valence electrons. The van der Waals surface area contributed by atoms with Crippen LogP contribution in [-0.4, -0.2) is 0 Å². The Morgan fingerprint density at radius 3 is 0.631 bits per heavy atom. The normalized spacial score (nSPS) is 16.0. The summed E-state index contributed by atoms with van der Waals surface area (Å²) in [4.78, 5) is 5.54. The highest BCUT2D eigenvalue weighted by atomic mass is 15.2. The molecule has 7 aromatic rings. The predicted octanol–water partition coefficient (Wildman–Crippen LogP) is 25.4. The summed E-state index contributed by atoms with van der Waals surface area (Å²) in [5.41, 5.74) is 20.6. The van der Waals surface area contributed by atoms with Crippen LogP contribution in [0, 0.1) is 0 Å². The number of nitrogens with zero attached hydrogens (tertiary/aromatic N) is 2. The van der Waals surface area contributed by atoms with E-state index in [1.165, 1.54) is 176 Å². The highest BCUT2D eigenvalue weighted by Gasteiger charge is 2.34. The van der Waals surface area contributed by atoms with Crippen LogP contribution >= 0.6 is 0 Å². The maximum atomic E-state index is 2.77. The van der Waals surface area contributed by atoms with Gasteiger partial charge in [-0.2, -0.15) is 0 Å². The molecule has 0 saturated heterocycles. The summed E-state index contributed by atoms with van der Waals surface area (Å²) in [5.74, 6) is 1.02. The Hall–Kier alpha value is -5.34. The SMILES string of the molecule is CC(C)(C)c1cc(N(c2cc(C(C)(C)C)cc(C(C)(C)C)c2)c2c3ccc(C4CCCCC4)cc3c(N(c3cc(C(C)(C)C)cc(C(C)(C)C)c3)c3cc(C(C)(C)C)cc(C(C)(C)C)c3)c3ccc(C4CCCCC4)cc23)cc(C(C)(C)C)c1. The van der Waals surface area contributed by atoms with Gasteiger partial charge in [-0.05, 0) is 197 Å². The average molecular weight is 1130 g/mol. The third kappa shape index (κ3) is 13.4. The molecule has 9 rings (SSSR count). The molecule has 2 fully saturated rings. The van der Waals surface area contributed by atoms with Gasteiger partial charge in [0.2, 0.25) is 0 Å². The Balaban J connectivity index is 1.59. The Kier molecular flexibility index (Phi) is 16.9. The first-order chi connectivity index (χ1) is 38.7. The Labute approximate surface area is 513 Å². The molecule has 2 heteroatoms. The molecule has 0 radical (unpaired) electrons. The van der Waals surface area contributed by atoms with E-state index < -0.39 is 0 Å². The second-order valence-corrected chi connectivity index (χ2v) is 34.7. The summed E-state index contributed by atoms with van der Waals surface area (Å²) >= 11 is 0. The lowest BCUT2D eigenvalue weighted by Crippen LogP contribution is -2.22. The minimum absolute atomic E-state index is 0.0932. The molecule has 0 bridgehead atoms. The maximum Gasteiger partial charge on any atom is 0.0620 e. The molecule has 0 amide bonds. The van der Waals surface area contributed by atoms with Crippen LogP contribution in [0.25, 0.3) is 21.5 Å². The van der Waals surface area contributed by atoms with Crippen molar-refractivity contribution in [3.05, 3.63) is 165 Å². The van der Waals surface area contributed by atoms with E-state index in [-0.39, 0.29) is 43.3 Å². The van der Waals surface area contributed by atoms with Crippen molar-refractivity contribution < 1.29 is 0 Å². The van der Waals surface area contributed by atoms with Crippen LogP contribution in [0.15, 0.2) is 109 Å².